The van der Waals surface area contributed by atoms with Crippen molar-refractivity contribution in [2.24, 2.45) is 0 Å². The number of nitrogens with zero attached hydrogens (tertiary/aromatic N) is 4. The van der Waals surface area contributed by atoms with Gasteiger partial charge in [-0.3, -0.25) is 14.5 Å². The number of hydrogen-bond acceptors (Lipinski definition) is 5. The second kappa shape index (κ2) is 5.93. The van der Waals surface area contributed by atoms with E-state index >= 15 is 0 Å². The summed E-state index contributed by atoms with van der Waals surface area (Å²) in [7, 11) is 0. The lowest BCUT2D eigenvalue weighted by Crippen LogP contribution is -2.29. The molecule has 0 N–H and O–H groups in total. The minimum absolute atomic E-state index is 0.186. The van der Waals surface area contributed by atoms with Crippen molar-refractivity contribution in [3.8, 4) is 5.69 Å². The van der Waals surface area contributed by atoms with Gasteiger partial charge in [0.15, 0.2) is 0 Å². The Hall–Kier alpha value is -2.93. The Morgan fingerprint density at radius 1 is 0.875 bits per heavy atom. The summed E-state index contributed by atoms with van der Waals surface area (Å²) in [4.78, 5) is 30.0. The van der Waals surface area contributed by atoms with Crippen molar-refractivity contribution in [1.82, 2.24) is 19.7 Å². The molecule has 7 heteroatoms. The van der Waals surface area contributed by atoms with Crippen LogP contribution in [0.15, 0.2) is 66.1 Å². The van der Waals surface area contributed by atoms with Crippen LogP contribution in [-0.2, 0) is 0 Å². The molecular formula is C17H12N4O2S. The zero-order valence-electron chi connectivity index (χ0n) is 12.5. The van der Waals surface area contributed by atoms with E-state index in [-0.39, 0.29) is 17.7 Å². The average molecular weight is 336 g/mol. The van der Waals surface area contributed by atoms with Gasteiger partial charge in [-0.05, 0) is 24.3 Å². The predicted octanol–water partition coefficient (Wildman–Crippen LogP) is 2.61. The first-order chi connectivity index (χ1) is 11.7. The monoisotopic (exact) mass is 336 g/mol. The van der Waals surface area contributed by atoms with Crippen molar-refractivity contribution in [1.29, 1.82) is 0 Å². The molecule has 6 nitrogen and oxygen atoms in total. The van der Waals surface area contributed by atoms with E-state index < -0.39 is 0 Å². The minimum Gasteiger partial charge on any atom is -0.269 e. The summed E-state index contributed by atoms with van der Waals surface area (Å²) in [6, 6.07) is 16.5. The Morgan fingerprint density at radius 3 is 2.17 bits per heavy atom. The van der Waals surface area contributed by atoms with Crippen LogP contribution < -0.4 is 0 Å². The first-order valence-electron chi connectivity index (χ1n) is 7.29. The summed E-state index contributed by atoms with van der Waals surface area (Å²) in [5, 5.41) is 4.87. The van der Waals surface area contributed by atoms with Gasteiger partial charge in [-0.25, -0.2) is 9.67 Å². The Kier molecular flexibility index (Phi) is 3.62. The number of imide groups is 1. The van der Waals surface area contributed by atoms with E-state index in [0.29, 0.717) is 16.3 Å². The Labute approximate surface area is 142 Å². The molecule has 118 valence electrons. The molecule has 3 aromatic rings. The fraction of sp³-hybridized carbons (Fsp3) is 0.0588. The maximum absolute atomic E-state index is 12.3. The van der Waals surface area contributed by atoms with Gasteiger partial charge in [0.1, 0.15) is 6.33 Å². The predicted molar refractivity (Wildman–Crippen MR) is 89.0 cm³/mol. The first kappa shape index (κ1) is 14.6. The van der Waals surface area contributed by atoms with Crippen LogP contribution in [0.1, 0.15) is 20.7 Å². The SMILES string of the molecule is O=C1c2ccccc2C(=O)N1CSc1ncn(-c2ccccc2)n1. The smallest absolute Gasteiger partial charge is 0.262 e. The van der Waals surface area contributed by atoms with E-state index in [1.54, 1.807) is 35.3 Å². The lowest BCUT2D eigenvalue weighted by atomic mass is 10.1. The number of hydrogen-bond donors (Lipinski definition) is 0. The summed E-state index contributed by atoms with van der Waals surface area (Å²) in [6.07, 6.45) is 1.61. The third kappa shape index (κ3) is 2.48. The van der Waals surface area contributed by atoms with Crippen LogP contribution in [0, 0.1) is 0 Å². The van der Waals surface area contributed by atoms with Crippen molar-refractivity contribution in [2.45, 2.75) is 5.16 Å². The number of aromatic nitrogens is 3. The van der Waals surface area contributed by atoms with Crippen molar-refractivity contribution in [3.63, 3.8) is 0 Å². The molecular weight excluding hydrogens is 324 g/mol. The van der Waals surface area contributed by atoms with Gasteiger partial charge < -0.3 is 0 Å². The number of thioether (sulfide) groups is 1. The molecule has 1 aliphatic rings. The van der Waals surface area contributed by atoms with Gasteiger partial charge in [-0.15, -0.1) is 5.10 Å². The summed E-state index contributed by atoms with van der Waals surface area (Å²) in [6.45, 7) is 0. The van der Waals surface area contributed by atoms with Crippen LogP contribution in [0.5, 0.6) is 0 Å². The molecule has 1 aliphatic heterocycles. The third-order valence-electron chi connectivity index (χ3n) is 3.69. The molecule has 0 saturated heterocycles. The third-order valence-corrected chi connectivity index (χ3v) is 4.53. The highest BCUT2D eigenvalue weighted by Gasteiger charge is 2.35. The second-order valence-electron chi connectivity index (χ2n) is 5.16. The van der Waals surface area contributed by atoms with Crippen LogP contribution in [0.25, 0.3) is 5.69 Å². The van der Waals surface area contributed by atoms with Crippen molar-refractivity contribution in [2.75, 3.05) is 5.88 Å². The molecule has 0 unspecified atom stereocenters. The average Bonchev–Trinajstić information content (AvgIpc) is 3.19. The largest absolute Gasteiger partial charge is 0.269 e. The number of fused-ring (bicyclic) bond motifs is 1. The van der Waals surface area contributed by atoms with E-state index in [1.165, 1.54) is 16.7 Å². The normalized spacial score (nSPS) is 13.4. The molecule has 0 saturated carbocycles. The molecule has 0 fully saturated rings. The van der Waals surface area contributed by atoms with E-state index in [4.69, 9.17) is 0 Å². The van der Waals surface area contributed by atoms with Gasteiger partial charge in [-0.2, -0.15) is 0 Å². The number of amides is 2. The molecule has 0 spiro atoms. The van der Waals surface area contributed by atoms with Crippen LogP contribution in [0.2, 0.25) is 0 Å². The zero-order valence-corrected chi connectivity index (χ0v) is 13.3. The maximum Gasteiger partial charge on any atom is 0.262 e. The highest BCUT2D eigenvalue weighted by Crippen LogP contribution is 2.25. The fourth-order valence-electron chi connectivity index (χ4n) is 2.50. The molecule has 4 rings (SSSR count). The topological polar surface area (TPSA) is 68.1 Å². The number of para-hydroxylation sites is 1. The zero-order chi connectivity index (χ0) is 16.5. The first-order valence-corrected chi connectivity index (χ1v) is 8.28. The Balaban J connectivity index is 1.48. The number of carbonyl (C=O) groups excluding carboxylic acids is 2. The lowest BCUT2D eigenvalue weighted by Gasteiger charge is -2.11. The molecule has 1 aromatic heterocycles. The molecule has 0 radical (unpaired) electrons. The number of rotatable bonds is 4. The molecule has 2 aromatic carbocycles. The Morgan fingerprint density at radius 2 is 1.50 bits per heavy atom. The van der Waals surface area contributed by atoms with Crippen molar-refractivity contribution >= 4 is 23.6 Å². The van der Waals surface area contributed by atoms with Gasteiger partial charge >= 0.3 is 0 Å². The van der Waals surface area contributed by atoms with E-state index in [9.17, 15) is 9.59 Å². The molecule has 0 bridgehead atoms. The van der Waals surface area contributed by atoms with E-state index in [1.807, 2.05) is 30.3 Å². The van der Waals surface area contributed by atoms with E-state index in [0.717, 1.165) is 5.69 Å². The summed E-state index contributed by atoms with van der Waals surface area (Å²) >= 11 is 1.25. The van der Waals surface area contributed by atoms with Gasteiger partial charge in [-0.1, -0.05) is 42.1 Å². The molecule has 24 heavy (non-hydrogen) atoms. The van der Waals surface area contributed by atoms with E-state index in [2.05, 4.69) is 10.1 Å². The summed E-state index contributed by atoms with van der Waals surface area (Å²) in [5.41, 5.74) is 1.80. The van der Waals surface area contributed by atoms with Crippen molar-refractivity contribution in [3.05, 3.63) is 72.1 Å². The molecule has 0 atom stereocenters. The van der Waals surface area contributed by atoms with Gasteiger partial charge in [0.05, 0.1) is 22.7 Å². The molecule has 2 heterocycles. The van der Waals surface area contributed by atoms with Crippen LogP contribution in [-0.4, -0.2) is 37.4 Å². The highest BCUT2D eigenvalue weighted by molar-refractivity contribution is 7.99. The van der Waals surface area contributed by atoms with Gasteiger partial charge in [0.25, 0.3) is 11.8 Å². The highest BCUT2D eigenvalue weighted by atomic mass is 32.2. The summed E-state index contributed by atoms with van der Waals surface area (Å²) in [5.74, 6) is -0.360. The second-order valence-corrected chi connectivity index (χ2v) is 6.08. The van der Waals surface area contributed by atoms with Gasteiger partial charge in [0.2, 0.25) is 5.16 Å². The molecule has 2 amide bonds. The maximum atomic E-state index is 12.3. The number of benzene rings is 2. The van der Waals surface area contributed by atoms with Gasteiger partial charge in [0, 0.05) is 0 Å². The number of carbonyl (C=O) groups is 2. The van der Waals surface area contributed by atoms with Crippen molar-refractivity contribution < 1.29 is 9.59 Å². The standard InChI is InChI=1S/C17H12N4O2S/c22-15-13-8-4-5-9-14(13)16(23)20(15)11-24-17-18-10-21(19-17)12-6-2-1-3-7-12/h1-10H,11H2. The summed E-state index contributed by atoms with van der Waals surface area (Å²) < 4.78 is 1.66. The Bertz CT molecular complexity index is 888. The van der Waals surface area contributed by atoms with Crippen LogP contribution in [0.4, 0.5) is 0 Å². The minimum atomic E-state index is -0.273. The molecule has 0 aliphatic carbocycles. The lowest BCUT2D eigenvalue weighted by molar-refractivity contribution is 0.0684. The van der Waals surface area contributed by atoms with Crippen LogP contribution in [0.3, 0.4) is 0 Å². The van der Waals surface area contributed by atoms with Crippen LogP contribution >= 0.6 is 11.8 Å². The fourth-order valence-corrected chi connectivity index (χ4v) is 3.24. The quantitative estimate of drug-likeness (QED) is 0.541.